The lowest BCUT2D eigenvalue weighted by Crippen LogP contribution is -2.42. The highest BCUT2D eigenvalue weighted by Gasteiger charge is 2.34. The molecule has 1 N–H and O–H groups in total. The Morgan fingerprint density at radius 2 is 2.04 bits per heavy atom. The number of benzene rings is 1. The molecule has 7 heteroatoms. The fourth-order valence-corrected chi connectivity index (χ4v) is 3.60. The van der Waals surface area contributed by atoms with Gasteiger partial charge in [0, 0.05) is 12.2 Å². The molecule has 1 aliphatic rings. The molecule has 1 aliphatic heterocycles. The van der Waals surface area contributed by atoms with Gasteiger partial charge in [0.2, 0.25) is 5.91 Å². The zero-order chi connectivity index (χ0) is 16.4. The number of likely N-dealkylation sites (tertiary alicyclic amines) is 1. The highest BCUT2D eigenvalue weighted by molar-refractivity contribution is 7.12. The van der Waals surface area contributed by atoms with Gasteiger partial charge in [0.25, 0.3) is 5.91 Å². The Morgan fingerprint density at radius 1 is 1.22 bits per heavy atom. The molecule has 1 fully saturated rings. The van der Waals surface area contributed by atoms with Gasteiger partial charge < -0.3 is 10.2 Å². The highest BCUT2D eigenvalue weighted by Crippen LogP contribution is 2.27. The fourth-order valence-electron chi connectivity index (χ4n) is 2.62. The van der Waals surface area contributed by atoms with Gasteiger partial charge in [0.05, 0.1) is 14.9 Å². The van der Waals surface area contributed by atoms with Crippen LogP contribution in [0.3, 0.4) is 0 Å². The first kappa shape index (κ1) is 16.3. The molecule has 2 aromatic rings. The summed E-state index contributed by atoms with van der Waals surface area (Å²) in [6.45, 7) is 0.593. The Labute approximate surface area is 148 Å². The van der Waals surface area contributed by atoms with Crippen molar-refractivity contribution in [1.29, 1.82) is 0 Å². The molecule has 1 aromatic heterocycles. The van der Waals surface area contributed by atoms with Crippen molar-refractivity contribution in [2.24, 2.45) is 0 Å². The SMILES string of the molecule is O=C(Nc1ccc(Cl)c(Cl)c1)[C@@H]1CCCN1C(=O)c1cccs1. The quantitative estimate of drug-likeness (QED) is 0.877. The second kappa shape index (κ2) is 6.91. The molecule has 0 aliphatic carbocycles. The summed E-state index contributed by atoms with van der Waals surface area (Å²) in [5, 5.41) is 5.47. The van der Waals surface area contributed by atoms with E-state index < -0.39 is 6.04 Å². The van der Waals surface area contributed by atoms with Gasteiger partial charge in [0.1, 0.15) is 6.04 Å². The maximum atomic E-state index is 12.5. The second-order valence-electron chi connectivity index (χ2n) is 5.25. The van der Waals surface area contributed by atoms with E-state index >= 15 is 0 Å². The van der Waals surface area contributed by atoms with E-state index in [1.807, 2.05) is 11.4 Å². The van der Waals surface area contributed by atoms with Crippen molar-refractivity contribution in [2.75, 3.05) is 11.9 Å². The molecule has 0 bridgehead atoms. The monoisotopic (exact) mass is 368 g/mol. The van der Waals surface area contributed by atoms with Crippen LogP contribution >= 0.6 is 34.5 Å². The minimum absolute atomic E-state index is 0.0909. The maximum absolute atomic E-state index is 12.5. The molecule has 4 nitrogen and oxygen atoms in total. The topological polar surface area (TPSA) is 49.4 Å². The third-order valence-electron chi connectivity index (χ3n) is 3.74. The van der Waals surface area contributed by atoms with Gasteiger partial charge in [-0.2, -0.15) is 0 Å². The van der Waals surface area contributed by atoms with E-state index in [1.165, 1.54) is 11.3 Å². The first-order valence-electron chi connectivity index (χ1n) is 7.16. The predicted octanol–water partition coefficient (Wildman–Crippen LogP) is 4.30. The molecule has 0 saturated carbocycles. The van der Waals surface area contributed by atoms with Crippen LogP contribution < -0.4 is 5.32 Å². The summed E-state index contributed by atoms with van der Waals surface area (Å²) >= 11 is 13.2. The summed E-state index contributed by atoms with van der Waals surface area (Å²) in [6, 6.07) is 8.06. The van der Waals surface area contributed by atoms with Crippen LogP contribution in [0.15, 0.2) is 35.7 Å². The summed E-state index contributed by atoms with van der Waals surface area (Å²) in [5.41, 5.74) is 0.569. The minimum Gasteiger partial charge on any atom is -0.326 e. The lowest BCUT2D eigenvalue weighted by atomic mass is 10.2. The van der Waals surface area contributed by atoms with E-state index in [2.05, 4.69) is 5.32 Å². The van der Waals surface area contributed by atoms with E-state index in [1.54, 1.807) is 29.2 Å². The normalized spacial score (nSPS) is 17.3. The van der Waals surface area contributed by atoms with Crippen molar-refractivity contribution < 1.29 is 9.59 Å². The Hall–Kier alpha value is -1.56. The summed E-state index contributed by atoms with van der Waals surface area (Å²) < 4.78 is 0. The number of thiophene rings is 1. The van der Waals surface area contributed by atoms with E-state index in [0.717, 1.165) is 6.42 Å². The number of halogens is 2. The van der Waals surface area contributed by atoms with Gasteiger partial charge in [-0.15, -0.1) is 11.3 Å². The van der Waals surface area contributed by atoms with Gasteiger partial charge in [-0.05, 0) is 42.5 Å². The summed E-state index contributed by atoms with van der Waals surface area (Å²) in [5.74, 6) is -0.294. The molecule has 2 heterocycles. The number of hydrogen-bond donors (Lipinski definition) is 1. The Morgan fingerprint density at radius 3 is 2.74 bits per heavy atom. The van der Waals surface area contributed by atoms with Gasteiger partial charge >= 0.3 is 0 Å². The van der Waals surface area contributed by atoms with Crippen LogP contribution in [0.5, 0.6) is 0 Å². The smallest absolute Gasteiger partial charge is 0.264 e. The molecular formula is C16H14Cl2N2O2S. The fraction of sp³-hybridized carbons (Fsp3) is 0.250. The van der Waals surface area contributed by atoms with Crippen LogP contribution in [0, 0.1) is 0 Å². The number of hydrogen-bond acceptors (Lipinski definition) is 3. The first-order valence-corrected chi connectivity index (χ1v) is 8.80. The predicted molar refractivity (Wildman–Crippen MR) is 93.5 cm³/mol. The lowest BCUT2D eigenvalue weighted by molar-refractivity contribution is -0.119. The number of carbonyl (C=O) groups excluding carboxylic acids is 2. The molecule has 1 aromatic carbocycles. The van der Waals surface area contributed by atoms with Crippen LogP contribution in [0.4, 0.5) is 5.69 Å². The number of nitrogens with one attached hydrogen (secondary N) is 1. The van der Waals surface area contributed by atoms with E-state index in [-0.39, 0.29) is 11.8 Å². The number of carbonyl (C=O) groups is 2. The Kier molecular flexibility index (Phi) is 4.90. The number of rotatable bonds is 3. The van der Waals surface area contributed by atoms with Crippen molar-refractivity contribution in [3.8, 4) is 0 Å². The van der Waals surface area contributed by atoms with Crippen LogP contribution in [0.2, 0.25) is 10.0 Å². The summed E-state index contributed by atoms with van der Waals surface area (Å²) in [4.78, 5) is 27.3. The van der Waals surface area contributed by atoms with Gasteiger partial charge in [-0.3, -0.25) is 9.59 Å². The van der Waals surface area contributed by atoms with Gasteiger partial charge in [0.15, 0.2) is 0 Å². The lowest BCUT2D eigenvalue weighted by Gasteiger charge is -2.23. The largest absolute Gasteiger partial charge is 0.326 e. The molecule has 120 valence electrons. The van der Waals surface area contributed by atoms with Crippen LogP contribution in [0.25, 0.3) is 0 Å². The van der Waals surface area contributed by atoms with Gasteiger partial charge in [-0.1, -0.05) is 29.3 Å². The average Bonchev–Trinajstić information content (AvgIpc) is 3.21. The number of amides is 2. The van der Waals surface area contributed by atoms with Crippen LogP contribution in [-0.4, -0.2) is 29.3 Å². The van der Waals surface area contributed by atoms with Crippen molar-refractivity contribution in [3.63, 3.8) is 0 Å². The summed E-state index contributed by atoms with van der Waals surface area (Å²) in [7, 11) is 0. The third kappa shape index (κ3) is 3.52. The molecular weight excluding hydrogens is 355 g/mol. The molecule has 0 radical (unpaired) electrons. The highest BCUT2D eigenvalue weighted by atomic mass is 35.5. The molecule has 2 amide bonds. The van der Waals surface area contributed by atoms with Crippen molar-refractivity contribution in [2.45, 2.75) is 18.9 Å². The van der Waals surface area contributed by atoms with E-state index in [4.69, 9.17) is 23.2 Å². The molecule has 1 atom stereocenters. The number of nitrogens with zero attached hydrogens (tertiary/aromatic N) is 1. The minimum atomic E-state index is -0.459. The van der Waals surface area contributed by atoms with E-state index in [0.29, 0.717) is 33.6 Å². The molecule has 23 heavy (non-hydrogen) atoms. The maximum Gasteiger partial charge on any atom is 0.264 e. The molecule has 1 saturated heterocycles. The molecule has 0 spiro atoms. The zero-order valence-electron chi connectivity index (χ0n) is 12.1. The van der Waals surface area contributed by atoms with Crippen molar-refractivity contribution >= 4 is 52.0 Å². The van der Waals surface area contributed by atoms with Crippen molar-refractivity contribution in [3.05, 3.63) is 50.6 Å². The summed E-state index contributed by atoms with van der Waals surface area (Å²) in [6.07, 6.45) is 1.47. The third-order valence-corrected chi connectivity index (χ3v) is 5.33. The zero-order valence-corrected chi connectivity index (χ0v) is 14.4. The average molecular weight is 369 g/mol. The van der Waals surface area contributed by atoms with Crippen LogP contribution in [-0.2, 0) is 4.79 Å². The molecule has 0 unspecified atom stereocenters. The first-order chi connectivity index (χ1) is 11.1. The Balaban J connectivity index is 1.73. The number of anilines is 1. The Bertz CT molecular complexity index is 734. The standard InChI is InChI=1S/C16H14Cl2N2O2S/c17-11-6-5-10(9-12(11)18)19-15(21)13-3-1-7-20(13)16(22)14-4-2-8-23-14/h2,4-6,8-9,13H,1,3,7H2,(H,19,21)/t13-/m0/s1. The molecule has 3 rings (SSSR count). The second-order valence-corrected chi connectivity index (χ2v) is 7.01. The van der Waals surface area contributed by atoms with Crippen molar-refractivity contribution in [1.82, 2.24) is 4.90 Å². The van der Waals surface area contributed by atoms with Crippen LogP contribution in [0.1, 0.15) is 22.5 Å². The van der Waals surface area contributed by atoms with E-state index in [9.17, 15) is 9.59 Å². The van der Waals surface area contributed by atoms with Gasteiger partial charge in [-0.25, -0.2) is 0 Å².